The summed E-state index contributed by atoms with van der Waals surface area (Å²) < 4.78 is 0. The lowest BCUT2D eigenvalue weighted by Crippen LogP contribution is -2.45. The Hall–Kier alpha value is -1.72. The van der Waals surface area contributed by atoms with Gasteiger partial charge in [0.1, 0.15) is 0 Å². The zero-order valence-electron chi connectivity index (χ0n) is 7.73. The fraction of sp³-hybridized carbons (Fsp3) is 0.500. The quantitative estimate of drug-likeness (QED) is 0.593. The normalized spacial score (nSPS) is 10.7. The van der Waals surface area contributed by atoms with Gasteiger partial charge in [0.05, 0.1) is 6.42 Å². The van der Waals surface area contributed by atoms with E-state index in [-0.39, 0.29) is 0 Å². The molecule has 0 aliphatic carbocycles. The van der Waals surface area contributed by atoms with Crippen molar-refractivity contribution in [2.45, 2.75) is 20.3 Å². The second-order valence-corrected chi connectivity index (χ2v) is 2.89. The van der Waals surface area contributed by atoms with Crippen LogP contribution in [0.5, 0.6) is 0 Å². The molecule has 0 saturated heterocycles. The van der Waals surface area contributed by atoms with Crippen molar-refractivity contribution in [2.24, 2.45) is 5.41 Å². The number of hydrogen-bond acceptors (Lipinski definition) is 4. The first-order valence-electron chi connectivity index (χ1n) is 3.72. The SMILES string of the molecule is CC(=O)C(CC(=O)O)(C(C)=O)C(=O)O. The molecular formula is C8H10O6. The highest BCUT2D eigenvalue weighted by atomic mass is 16.4. The number of Topliss-reactive ketones (excluding diaryl/α,β-unsaturated/α-hetero) is 2. The maximum absolute atomic E-state index is 11.0. The fourth-order valence-electron chi connectivity index (χ4n) is 1.10. The molecule has 0 radical (unpaired) electrons. The summed E-state index contributed by atoms with van der Waals surface area (Å²) in [6.45, 7) is 1.77. The summed E-state index contributed by atoms with van der Waals surface area (Å²) in [5.74, 6) is -5.17. The van der Waals surface area contributed by atoms with E-state index in [9.17, 15) is 19.2 Å². The average molecular weight is 202 g/mol. The molecule has 0 atom stereocenters. The molecule has 0 spiro atoms. The molecule has 0 aliphatic heterocycles. The monoisotopic (exact) mass is 202 g/mol. The molecule has 78 valence electrons. The number of rotatable bonds is 5. The molecule has 0 aromatic heterocycles. The van der Waals surface area contributed by atoms with Crippen molar-refractivity contribution < 1.29 is 29.4 Å². The Bertz CT molecular complexity index is 267. The number of aliphatic carboxylic acids is 2. The van der Waals surface area contributed by atoms with Gasteiger partial charge in [0.25, 0.3) is 0 Å². The highest BCUT2D eigenvalue weighted by molar-refractivity contribution is 6.22. The minimum Gasteiger partial charge on any atom is -0.481 e. The Morgan fingerprint density at radius 1 is 1.00 bits per heavy atom. The lowest BCUT2D eigenvalue weighted by molar-refractivity contribution is -0.164. The Morgan fingerprint density at radius 2 is 1.36 bits per heavy atom. The second-order valence-electron chi connectivity index (χ2n) is 2.89. The van der Waals surface area contributed by atoms with Gasteiger partial charge in [0.2, 0.25) is 0 Å². The summed E-state index contributed by atoms with van der Waals surface area (Å²) in [6, 6.07) is 0. The van der Waals surface area contributed by atoms with Gasteiger partial charge < -0.3 is 10.2 Å². The average Bonchev–Trinajstić information content (AvgIpc) is 1.97. The van der Waals surface area contributed by atoms with Gasteiger partial charge in [-0.15, -0.1) is 0 Å². The maximum atomic E-state index is 11.0. The smallest absolute Gasteiger partial charge is 0.325 e. The predicted octanol–water partition coefficient (Wildman–Crippen LogP) is -0.290. The van der Waals surface area contributed by atoms with E-state index >= 15 is 0 Å². The summed E-state index contributed by atoms with van der Waals surface area (Å²) in [5.41, 5.74) is -2.44. The van der Waals surface area contributed by atoms with Crippen molar-refractivity contribution in [3.63, 3.8) is 0 Å². The highest BCUT2D eigenvalue weighted by Gasteiger charge is 2.50. The molecule has 0 rings (SSSR count). The number of ketones is 2. The third kappa shape index (κ3) is 1.95. The van der Waals surface area contributed by atoms with Gasteiger partial charge in [0, 0.05) is 0 Å². The molecular weight excluding hydrogens is 192 g/mol. The minimum absolute atomic E-state index is 0.887. The molecule has 6 nitrogen and oxygen atoms in total. The molecule has 0 bridgehead atoms. The van der Waals surface area contributed by atoms with E-state index < -0.39 is 35.3 Å². The van der Waals surface area contributed by atoms with Crippen molar-refractivity contribution in [1.29, 1.82) is 0 Å². The van der Waals surface area contributed by atoms with E-state index in [1.165, 1.54) is 0 Å². The Labute approximate surface area is 79.5 Å². The molecule has 2 N–H and O–H groups in total. The van der Waals surface area contributed by atoms with Crippen molar-refractivity contribution in [3.8, 4) is 0 Å². The third-order valence-corrected chi connectivity index (χ3v) is 1.98. The molecule has 0 saturated carbocycles. The first-order valence-corrected chi connectivity index (χ1v) is 3.72. The molecule has 14 heavy (non-hydrogen) atoms. The van der Waals surface area contributed by atoms with Gasteiger partial charge in [-0.25, -0.2) is 0 Å². The Kier molecular flexibility index (Phi) is 3.50. The number of carboxylic acid groups (broad SMARTS) is 2. The summed E-state index contributed by atoms with van der Waals surface area (Å²) in [4.78, 5) is 43.1. The van der Waals surface area contributed by atoms with Crippen LogP contribution in [0.4, 0.5) is 0 Å². The van der Waals surface area contributed by atoms with Gasteiger partial charge >= 0.3 is 11.9 Å². The van der Waals surface area contributed by atoms with Crippen LogP contribution in [-0.2, 0) is 19.2 Å². The standard InChI is InChI=1S/C8H10O6/c1-4(9)8(5(2)10,7(13)14)3-6(11)12/h3H2,1-2H3,(H,11,12)(H,13,14). The van der Waals surface area contributed by atoms with Crippen LogP contribution < -0.4 is 0 Å². The summed E-state index contributed by atoms with van der Waals surface area (Å²) in [7, 11) is 0. The van der Waals surface area contributed by atoms with E-state index in [0.29, 0.717) is 0 Å². The maximum Gasteiger partial charge on any atom is 0.325 e. The number of carboxylic acids is 2. The van der Waals surface area contributed by atoms with E-state index in [4.69, 9.17) is 10.2 Å². The summed E-state index contributed by atoms with van der Waals surface area (Å²) >= 11 is 0. The topological polar surface area (TPSA) is 109 Å². The number of carbonyl (C=O) groups is 4. The zero-order valence-corrected chi connectivity index (χ0v) is 7.73. The lowest BCUT2D eigenvalue weighted by atomic mass is 9.77. The van der Waals surface area contributed by atoms with Crippen LogP contribution in [0, 0.1) is 5.41 Å². The van der Waals surface area contributed by atoms with Crippen LogP contribution in [0.25, 0.3) is 0 Å². The van der Waals surface area contributed by atoms with Crippen molar-refractivity contribution >= 4 is 23.5 Å². The molecule has 6 heteroatoms. The number of carbonyl (C=O) groups excluding carboxylic acids is 2. The van der Waals surface area contributed by atoms with Crippen LogP contribution in [-0.4, -0.2) is 33.7 Å². The van der Waals surface area contributed by atoms with Crippen LogP contribution in [0.1, 0.15) is 20.3 Å². The van der Waals surface area contributed by atoms with Gasteiger partial charge in [0.15, 0.2) is 17.0 Å². The van der Waals surface area contributed by atoms with Crippen molar-refractivity contribution in [1.82, 2.24) is 0 Å². The molecule has 0 aromatic carbocycles. The van der Waals surface area contributed by atoms with Crippen LogP contribution >= 0.6 is 0 Å². The van der Waals surface area contributed by atoms with Crippen LogP contribution in [0.15, 0.2) is 0 Å². The van der Waals surface area contributed by atoms with Crippen molar-refractivity contribution in [2.75, 3.05) is 0 Å². The molecule has 0 aliphatic rings. The van der Waals surface area contributed by atoms with E-state index in [1.807, 2.05) is 0 Å². The van der Waals surface area contributed by atoms with E-state index in [1.54, 1.807) is 0 Å². The largest absolute Gasteiger partial charge is 0.481 e. The molecule has 0 heterocycles. The van der Waals surface area contributed by atoms with Crippen molar-refractivity contribution in [3.05, 3.63) is 0 Å². The van der Waals surface area contributed by atoms with Crippen LogP contribution in [0.2, 0.25) is 0 Å². The second kappa shape index (κ2) is 3.99. The predicted molar refractivity (Wildman–Crippen MR) is 43.7 cm³/mol. The van der Waals surface area contributed by atoms with Gasteiger partial charge in [-0.05, 0) is 13.8 Å². The highest BCUT2D eigenvalue weighted by Crippen LogP contribution is 2.25. The fourth-order valence-corrected chi connectivity index (χ4v) is 1.10. The molecule has 0 aromatic rings. The summed E-state index contributed by atoms with van der Waals surface area (Å²) in [5, 5.41) is 17.1. The minimum atomic E-state index is -2.44. The van der Waals surface area contributed by atoms with Gasteiger partial charge in [-0.2, -0.15) is 0 Å². The van der Waals surface area contributed by atoms with E-state index in [2.05, 4.69) is 0 Å². The number of hydrogen-bond donors (Lipinski definition) is 2. The lowest BCUT2D eigenvalue weighted by Gasteiger charge is -2.20. The van der Waals surface area contributed by atoms with E-state index in [0.717, 1.165) is 13.8 Å². The van der Waals surface area contributed by atoms with Gasteiger partial charge in [-0.3, -0.25) is 19.2 Å². The summed E-state index contributed by atoms with van der Waals surface area (Å²) in [6.07, 6.45) is -1.02. The first kappa shape index (κ1) is 12.3. The first-order chi connectivity index (χ1) is 6.25. The third-order valence-electron chi connectivity index (χ3n) is 1.98. The molecule has 0 unspecified atom stereocenters. The van der Waals surface area contributed by atoms with Gasteiger partial charge in [-0.1, -0.05) is 0 Å². The van der Waals surface area contributed by atoms with Crippen LogP contribution in [0.3, 0.4) is 0 Å². The Balaban J connectivity index is 5.38. The molecule has 0 amide bonds. The Morgan fingerprint density at radius 3 is 1.43 bits per heavy atom. The molecule has 0 fully saturated rings. The zero-order chi connectivity index (χ0) is 11.5.